The Bertz CT molecular complexity index is 750. The summed E-state index contributed by atoms with van der Waals surface area (Å²) in [4.78, 5) is 23.9. The van der Waals surface area contributed by atoms with Crippen molar-refractivity contribution in [1.82, 2.24) is 15.3 Å². The van der Waals surface area contributed by atoms with Gasteiger partial charge in [-0.2, -0.15) is 0 Å². The van der Waals surface area contributed by atoms with E-state index >= 15 is 0 Å². The second-order valence-electron chi connectivity index (χ2n) is 7.11. The highest BCUT2D eigenvalue weighted by Gasteiger charge is 2.21. The molecule has 0 bridgehead atoms. The molecule has 2 aromatic heterocycles. The number of amides is 1. The van der Waals surface area contributed by atoms with Crippen LogP contribution in [0.25, 0.3) is 10.2 Å². The molecule has 1 N–H and O–H groups in total. The Kier molecular flexibility index (Phi) is 5.56. The average molecular weight is 376 g/mol. The lowest BCUT2D eigenvalue weighted by atomic mass is 9.97. The summed E-state index contributed by atoms with van der Waals surface area (Å²) >= 11 is 3.39. The Morgan fingerprint density at radius 1 is 1.12 bits per heavy atom. The molecule has 2 aliphatic rings. The van der Waals surface area contributed by atoms with Gasteiger partial charge in [0, 0.05) is 16.3 Å². The summed E-state index contributed by atoms with van der Waals surface area (Å²) in [5.74, 6) is 0.598. The number of nitrogens with zero attached hydrogens (tertiary/aromatic N) is 2. The Hall–Kier alpha value is -1.14. The van der Waals surface area contributed by atoms with Gasteiger partial charge in [0.15, 0.2) is 0 Å². The highest BCUT2D eigenvalue weighted by Crippen LogP contribution is 2.39. The van der Waals surface area contributed by atoms with Crippen LogP contribution in [-0.4, -0.2) is 27.7 Å². The molecular weight excluding hydrogens is 350 g/mol. The van der Waals surface area contributed by atoms with Gasteiger partial charge in [0.05, 0.1) is 5.75 Å². The number of carbonyl (C=O) groups is 1. The topological polar surface area (TPSA) is 54.9 Å². The molecule has 1 amide bonds. The molecule has 134 valence electrons. The van der Waals surface area contributed by atoms with Crippen LogP contribution in [0, 0.1) is 0 Å². The second-order valence-corrected chi connectivity index (χ2v) is 9.16. The molecular formula is C19H25N3OS2. The third-order valence-electron chi connectivity index (χ3n) is 5.28. The predicted octanol–water partition coefficient (Wildman–Crippen LogP) is 4.50. The molecule has 0 saturated heterocycles. The fourth-order valence-corrected chi connectivity index (χ4v) is 6.13. The lowest BCUT2D eigenvalue weighted by molar-refractivity contribution is -0.119. The summed E-state index contributed by atoms with van der Waals surface area (Å²) in [7, 11) is 0. The number of fused-ring (bicyclic) bond motifs is 3. The van der Waals surface area contributed by atoms with Gasteiger partial charge in [-0.3, -0.25) is 4.79 Å². The summed E-state index contributed by atoms with van der Waals surface area (Å²) in [5, 5.41) is 5.44. The van der Waals surface area contributed by atoms with Crippen LogP contribution in [0.5, 0.6) is 0 Å². The number of thioether (sulfide) groups is 1. The van der Waals surface area contributed by atoms with Gasteiger partial charge in [0.1, 0.15) is 16.2 Å². The molecule has 6 heteroatoms. The molecule has 0 aliphatic heterocycles. The van der Waals surface area contributed by atoms with Crippen molar-refractivity contribution >= 4 is 39.2 Å². The Morgan fingerprint density at radius 3 is 2.76 bits per heavy atom. The normalized spacial score (nSPS) is 18.7. The van der Waals surface area contributed by atoms with Gasteiger partial charge in [-0.1, -0.05) is 37.4 Å². The number of hydrogen-bond acceptors (Lipinski definition) is 5. The minimum absolute atomic E-state index is 0.146. The summed E-state index contributed by atoms with van der Waals surface area (Å²) < 4.78 is 0. The zero-order valence-corrected chi connectivity index (χ0v) is 16.2. The summed E-state index contributed by atoms with van der Waals surface area (Å²) in [6, 6.07) is 0.370. The van der Waals surface area contributed by atoms with E-state index in [1.165, 1.54) is 60.8 Å². The van der Waals surface area contributed by atoms with Crippen LogP contribution >= 0.6 is 23.1 Å². The molecule has 4 nitrogen and oxygen atoms in total. The standard InChI is InChI=1S/C19H25N3OS2/c23-16(22-13-7-3-1-2-4-8-13)11-24-18-17-14-9-5-6-10-15(14)25-19(17)21-12-20-18/h12-13H,1-11H2,(H,22,23). The number of nitrogens with one attached hydrogen (secondary N) is 1. The molecule has 2 aromatic rings. The van der Waals surface area contributed by atoms with E-state index in [2.05, 4.69) is 15.3 Å². The van der Waals surface area contributed by atoms with Gasteiger partial charge in [-0.15, -0.1) is 11.3 Å². The van der Waals surface area contributed by atoms with E-state index < -0.39 is 0 Å². The van der Waals surface area contributed by atoms with E-state index in [0.717, 1.165) is 29.1 Å². The van der Waals surface area contributed by atoms with Gasteiger partial charge in [-0.05, 0) is 44.1 Å². The highest BCUT2D eigenvalue weighted by atomic mass is 32.2. The SMILES string of the molecule is O=C(CSc1ncnc2sc3c(c12)CCCC3)NC1CCCCCC1. The average Bonchev–Trinajstić information content (AvgIpc) is 2.82. The number of aromatic nitrogens is 2. The van der Waals surface area contributed by atoms with Gasteiger partial charge >= 0.3 is 0 Å². The first-order chi connectivity index (χ1) is 12.3. The molecule has 0 spiro atoms. The van der Waals surface area contributed by atoms with Crippen molar-refractivity contribution in [3.63, 3.8) is 0 Å². The third-order valence-corrected chi connectivity index (χ3v) is 7.47. The first-order valence-corrected chi connectivity index (χ1v) is 11.3. The van der Waals surface area contributed by atoms with Crippen LogP contribution in [-0.2, 0) is 17.6 Å². The van der Waals surface area contributed by atoms with Crippen molar-refractivity contribution in [1.29, 1.82) is 0 Å². The summed E-state index contributed by atoms with van der Waals surface area (Å²) in [6.07, 6.45) is 13.8. The van der Waals surface area contributed by atoms with E-state index in [-0.39, 0.29) is 5.91 Å². The maximum Gasteiger partial charge on any atom is 0.230 e. The summed E-state index contributed by atoms with van der Waals surface area (Å²) in [5.41, 5.74) is 1.44. The zero-order valence-electron chi connectivity index (χ0n) is 14.6. The van der Waals surface area contributed by atoms with Gasteiger partial charge in [0.25, 0.3) is 0 Å². The second kappa shape index (κ2) is 8.04. The molecule has 0 radical (unpaired) electrons. The maximum absolute atomic E-state index is 12.4. The van der Waals surface area contributed by atoms with E-state index in [9.17, 15) is 4.79 Å². The largest absolute Gasteiger partial charge is 0.353 e. The minimum atomic E-state index is 0.146. The Balaban J connectivity index is 1.44. The van der Waals surface area contributed by atoms with Crippen LogP contribution in [0.15, 0.2) is 11.4 Å². The Morgan fingerprint density at radius 2 is 1.92 bits per heavy atom. The summed E-state index contributed by atoms with van der Waals surface area (Å²) in [6.45, 7) is 0. The third kappa shape index (κ3) is 4.00. The highest BCUT2D eigenvalue weighted by molar-refractivity contribution is 8.00. The fourth-order valence-electron chi connectivity index (χ4n) is 4.00. The van der Waals surface area contributed by atoms with Crippen molar-refractivity contribution < 1.29 is 4.79 Å². The molecule has 25 heavy (non-hydrogen) atoms. The number of aryl methyl sites for hydroxylation is 2. The first-order valence-electron chi connectivity index (χ1n) is 9.48. The van der Waals surface area contributed by atoms with E-state index in [4.69, 9.17) is 0 Å². The number of hydrogen-bond donors (Lipinski definition) is 1. The van der Waals surface area contributed by atoms with Gasteiger partial charge in [0.2, 0.25) is 5.91 Å². The molecule has 1 saturated carbocycles. The predicted molar refractivity (Wildman–Crippen MR) is 104 cm³/mol. The smallest absolute Gasteiger partial charge is 0.230 e. The first kappa shape index (κ1) is 17.3. The molecule has 4 rings (SSSR count). The van der Waals surface area contributed by atoms with Crippen LogP contribution < -0.4 is 5.32 Å². The minimum Gasteiger partial charge on any atom is -0.353 e. The van der Waals surface area contributed by atoms with E-state index in [1.54, 1.807) is 18.1 Å². The van der Waals surface area contributed by atoms with Crippen molar-refractivity contribution in [3.05, 3.63) is 16.8 Å². The van der Waals surface area contributed by atoms with Crippen molar-refractivity contribution in [2.45, 2.75) is 75.3 Å². The van der Waals surface area contributed by atoms with Crippen molar-refractivity contribution in [3.8, 4) is 0 Å². The number of carbonyl (C=O) groups excluding carboxylic acids is 1. The van der Waals surface area contributed by atoms with Crippen LogP contribution in [0.2, 0.25) is 0 Å². The molecule has 0 aromatic carbocycles. The number of rotatable bonds is 4. The molecule has 2 heterocycles. The van der Waals surface area contributed by atoms with Crippen molar-refractivity contribution in [2.75, 3.05) is 5.75 Å². The van der Waals surface area contributed by atoms with Crippen LogP contribution in [0.4, 0.5) is 0 Å². The van der Waals surface area contributed by atoms with E-state index in [0.29, 0.717) is 11.8 Å². The lowest BCUT2D eigenvalue weighted by Crippen LogP contribution is -2.35. The monoisotopic (exact) mass is 375 g/mol. The van der Waals surface area contributed by atoms with Crippen LogP contribution in [0.1, 0.15) is 61.8 Å². The molecule has 0 atom stereocenters. The zero-order chi connectivity index (χ0) is 17.1. The van der Waals surface area contributed by atoms with Gasteiger partial charge < -0.3 is 5.32 Å². The Labute approximate surface area is 157 Å². The van der Waals surface area contributed by atoms with Gasteiger partial charge in [-0.25, -0.2) is 9.97 Å². The fraction of sp³-hybridized carbons (Fsp3) is 0.632. The van der Waals surface area contributed by atoms with Crippen LogP contribution in [0.3, 0.4) is 0 Å². The lowest BCUT2D eigenvalue weighted by Gasteiger charge is -2.16. The quantitative estimate of drug-likeness (QED) is 0.486. The number of thiophene rings is 1. The molecule has 1 fully saturated rings. The molecule has 2 aliphatic carbocycles. The van der Waals surface area contributed by atoms with Crippen molar-refractivity contribution in [2.24, 2.45) is 0 Å². The maximum atomic E-state index is 12.4. The molecule has 0 unspecified atom stereocenters. The van der Waals surface area contributed by atoms with E-state index in [1.807, 2.05) is 11.3 Å².